The molecule has 2 heterocycles. The van der Waals surface area contributed by atoms with Crippen LogP contribution in [0.2, 0.25) is 0 Å². The van der Waals surface area contributed by atoms with Gasteiger partial charge in [-0.25, -0.2) is 0 Å². The van der Waals surface area contributed by atoms with E-state index >= 15 is 0 Å². The lowest BCUT2D eigenvalue weighted by molar-refractivity contribution is 0.0780. The van der Waals surface area contributed by atoms with Gasteiger partial charge < -0.3 is 15.1 Å². The van der Waals surface area contributed by atoms with Crippen LogP contribution in [0.15, 0.2) is 18.2 Å². The summed E-state index contributed by atoms with van der Waals surface area (Å²) in [5, 5.41) is 3.37. The van der Waals surface area contributed by atoms with Gasteiger partial charge in [-0.3, -0.25) is 4.79 Å². The molecule has 0 bridgehead atoms. The van der Waals surface area contributed by atoms with Gasteiger partial charge >= 0.3 is 0 Å². The van der Waals surface area contributed by atoms with Crippen LogP contribution in [0, 0.1) is 5.92 Å². The summed E-state index contributed by atoms with van der Waals surface area (Å²) in [5.74, 6) is 0.745. The molecule has 2 atom stereocenters. The Balaban J connectivity index is 1.83. The molecule has 1 saturated heterocycles. The third kappa shape index (κ3) is 2.70. The molecule has 0 radical (unpaired) electrons. The number of amides is 1. The average molecular weight is 287 g/mol. The zero-order chi connectivity index (χ0) is 15.0. The first-order valence-electron chi connectivity index (χ1n) is 7.85. The van der Waals surface area contributed by atoms with Gasteiger partial charge in [0, 0.05) is 31.2 Å². The zero-order valence-electron chi connectivity index (χ0n) is 13.2. The highest BCUT2D eigenvalue weighted by molar-refractivity contribution is 5.96. The quantitative estimate of drug-likeness (QED) is 0.892. The van der Waals surface area contributed by atoms with E-state index in [9.17, 15) is 4.79 Å². The third-order valence-electron chi connectivity index (χ3n) is 4.89. The van der Waals surface area contributed by atoms with Crippen molar-refractivity contribution >= 4 is 5.91 Å². The molecule has 1 N–H and O–H groups in total. The highest BCUT2D eigenvalue weighted by atomic mass is 16.2. The molecule has 1 aromatic carbocycles. The van der Waals surface area contributed by atoms with Crippen LogP contribution in [0.25, 0.3) is 0 Å². The summed E-state index contributed by atoms with van der Waals surface area (Å²) in [6.07, 6.45) is 0.956. The lowest BCUT2D eigenvalue weighted by atomic mass is 9.95. The first kappa shape index (κ1) is 14.5. The van der Waals surface area contributed by atoms with Gasteiger partial charge in [0.2, 0.25) is 0 Å². The molecule has 1 fully saturated rings. The fourth-order valence-electron chi connectivity index (χ4n) is 3.69. The van der Waals surface area contributed by atoms with E-state index in [2.05, 4.69) is 37.3 Å². The number of rotatable bonds is 2. The summed E-state index contributed by atoms with van der Waals surface area (Å²) in [6.45, 7) is 5.79. The van der Waals surface area contributed by atoms with Gasteiger partial charge in [0.25, 0.3) is 5.91 Å². The fourth-order valence-corrected chi connectivity index (χ4v) is 3.69. The number of carbonyl (C=O) groups is 1. The zero-order valence-corrected chi connectivity index (χ0v) is 13.2. The first-order chi connectivity index (χ1) is 10.1. The van der Waals surface area contributed by atoms with E-state index < -0.39 is 0 Å². The Bertz CT molecular complexity index is 541. The van der Waals surface area contributed by atoms with Gasteiger partial charge in [0.15, 0.2) is 0 Å². The maximum Gasteiger partial charge on any atom is 0.254 e. The summed E-state index contributed by atoms with van der Waals surface area (Å²) in [4.78, 5) is 17.2. The molecule has 2 aliphatic heterocycles. The molecule has 0 saturated carbocycles. The van der Waals surface area contributed by atoms with E-state index in [0.29, 0.717) is 12.0 Å². The molecule has 21 heavy (non-hydrogen) atoms. The van der Waals surface area contributed by atoms with Crippen molar-refractivity contribution in [2.24, 2.45) is 5.92 Å². The van der Waals surface area contributed by atoms with Crippen molar-refractivity contribution in [1.82, 2.24) is 15.1 Å². The van der Waals surface area contributed by atoms with Crippen molar-refractivity contribution in [1.29, 1.82) is 0 Å². The monoisotopic (exact) mass is 287 g/mol. The molecule has 4 nitrogen and oxygen atoms in total. The molecular weight excluding hydrogens is 262 g/mol. The number of hydrogen-bond donors (Lipinski definition) is 1. The van der Waals surface area contributed by atoms with E-state index in [-0.39, 0.29) is 5.91 Å². The predicted molar refractivity (Wildman–Crippen MR) is 84.4 cm³/mol. The molecule has 0 aromatic heterocycles. The third-order valence-corrected chi connectivity index (χ3v) is 4.89. The molecule has 0 spiro atoms. The van der Waals surface area contributed by atoms with Crippen molar-refractivity contribution < 1.29 is 4.79 Å². The SMILES string of the molecule is CC1CN(C(=O)c2cccc3c2CCNC3)CC1N(C)C. The maximum atomic E-state index is 12.9. The highest BCUT2D eigenvalue weighted by Crippen LogP contribution is 2.25. The summed E-state index contributed by atoms with van der Waals surface area (Å²) in [7, 11) is 4.20. The molecule has 1 aromatic rings. The number of nitrogens with one attached hydrogen (secondary N) is 1. The van der Waals surface area contributed by atoms with E-state index in [1.165, 1.54) is 11.1 Å². The second kappa shape index (κ2) is 5.78. The van der Waals surface area contributed by atoms with Crippen LogP contribution in [-0.4, -0.2) is 55.5 Å². The summed E-state index contributed by atoms with van der Waals surface area (Å²) >= 11 is 0. The van der Waals surface area contributed by atoms with E-state index in [1.807, 2.05) is 17.0 Å². The minimum Gasteiger partial charge on any atom is -0.337 e. The van der Waals surface area contributed by atoms with E-state index in [4.69, 9.17) is 0 Å². The van der Waals surface area contributed by atoms with Gasteiger partial charge in [-0.05, 0) is 50.2 Å². The van der Waals surface area contributed by atoms with E-state index in [0.717, 1.165) is 38.2 Å². The van der Waals surface area contributed by atoms with Gasteiger partial charge in [0.1, 0.15) is 0 Å². The number of hydrogen-bond acceptors (Lipinski definition) is 3. The number of likely N-dealkylation sites (tertiary alicyclic amines) is 1. The van der Waals surface area contributed by atoms with Crippen molar-refractivity contribution in [3.05, 3.63) is 34.9 Å². The summed E-state index contributed by atoms with van der Waals surface area (Å²) in [6, 6.07) is 6.62. The fraction of sp³-hybridized carbons (Fsp3) is 0.588. The van der Waals surface area contributed by atoms with Crippen molar-refractivity contribution in [3.63, 3.8) is 0 Å². The van der Waals surface area contributed by atoms with Gasteiger partial charge in [-0.15, -0.1) is 0 Å². The highest BCUT2D eigenvalue weighted by Gasteiger charge is 2.34. The Hall–Kier alpha value is -1.39. The lowest BCUT2D eigenvalue weighted by Gasteiger charge is -2.24. The van der Waals surface area contributed by atoms with Crippen LogP contribution in [0.1, 0.15) is 28.4 Å². The number of benzene rings is 1. The molecule has 2 unspecified atom stereocenters. The average Bonchev–Trinajstić information content (AvgIpc) is 2.88. The first-order valence-corrected chi connectivity index (χ1v) is 7.85. The molecule has 0 aliphatic carbocycles. The lowest BCUT2D eigenvalue weighted by Crippen LogP contribution is -2.36. The molecule has 1 amide bonds. The Morgan fingerprint density at radius 1 is 1.33 bits per heavy atom. The molecular formula is C17H25N3O. The number of nitrogens with zero attached hydrogens (tertiary/aromatic N) is 2. The van der Waals surface area contributed by atoms with Crippen LogP contribution in [-0.2, 0) is 13.0 Å². The normalized spacial score (nSPS) is 25.2. The number of likely N-dealkylation sites (N-methyl/N-ethyl adjacent to an activating group) is 1. The number of fused-ring (bicyclic) bond motifs is 1. The van der Waals surface area contributed by atoms with Crippen molar-refractivity contribution in [2.45, 2.75) is 25.9 Å². The molecule has 114 valence electrons. The van der Waals surface area contributed by atoms with Crippen LogP contribution >= 0.6 is 0 Å². The van der Waals surface area contributed by atoms with Gasteiger partial charge in [-0.1, -0.05) is 19.1 Å². The maximum absolute atomic E-state index is 12.9. The Kier molecular flexibility index (Phi) is 4.00. The standard InChI is InChI=1S/C17H25N3O/c1-12-10-20(11-16(12)19(2)3)17(21)15-6-4-5-13-9-18-8-7-14(13)15/h4-6,12,16,18H,7-11H2,1-3H3. The Labute approximate surface area is 127 Å². The van der Waals surface area contributed by atoms with Crippen molar-refractivity contribution in [3.8, 4) is 0 Å². The summed E-state index contributed by atoms with van der Waals surface area (Å²) < 4.78 is 0. The van der Waals surface area contributed by atoms with Gasteiger partial charge in [-0.2, -0.15) is 0 Å². The Morgan fingerprint density at radius 3 is 2.86 bits per heavy atom. The summed E-state index contributed by atoms with van der Waals surface area (Å²) in [5.41, 5.74) is 3.45. The second-order valence-electron chi connectivity index (χ2n) is 6.59. The molecule has 4 heteroatoms. The van der Waals surface area contributed by atoms with Gasteiger partial charge in [0.05, 0.1) is 0 Å². The second-order valence-corrected chi connectivity index (χ2v) is 6.59. The topological polar surface area (TPSA) is 35.6 Å². The Morgan fingerprint density at radius 2 is 2.14 bits per heavy atom. The minimum atomic E-state index is 0.213. The van der Waals surface area contributed by atoms with Crippen LogP contribution < -0.4 is 5.32 Å². The predicted octanol–water partition coefficient (Wildman–Crippen LogP) is 1.35. The van der Waals surface area contributed by atoms with Crippen LogP contribution in [0.3, 0.4) is 0 Å². The largest absolute Gasteiger partial charge is 0.337 e. The van der Waals surface area contributed by atoms with E-state index in [1.54, 1.807) is 0 Å². The van der Waals surface area contributed by atoms with Crippen molar-refractivity contribution in [2.75, 3.05) is 33.7 Å². The molecule has 2 aliphatic rings. The molecule has 3 rings (SSSR count). The minimum absolute atomic E-state index is 0.213. The smallest absolute Gasteiger partial charge is 0.254 e. The van der Waals surface area contributed by atoms with Crippen LogP contribution in [0.4, 0.5) is 0 Å². The number of carbonyl (C=O) groups excluding carboxylic acids is 1. The van der Waals surface area contributed by atoms with Crippen LogP contribution in [0.5, 0.6) is 0 Å².